The first-order chi connectivity index (χ1) is 8.89. The molecular formula is C14H17F2NO2. The van der Waals surface area contributed by atoms with E-state index in [-0.39, 0.29) is 0 Å². The summed E-state index contributed by atoms with van der Waals surface area (Å²) in [6.45, 7) is 3.24. The Morgan fingerprint density at radius 1 is 1.37 bits per heavy atom. The number of rotatable bonds is 3. The van der Waals surface area contributed by atoms with E-state index in [1.54, 1.807) is 6.92 Å². The van der Waals surface area contributed by atoms with Gasteiger partial charge < -0.3 is 5.11 Å². The zero-order valence-corrected chi connectivity index (χ0v) is 10.8. The molecule has 0 bridgehead atoms. The molecule has 1 aliphatic rings. The van der Waals surface area contributed by atoms with Crippen LogP contribution in [0.25, 0.3) is 0 Å². The predicted molar refractivity (Wildman–Crippen MR) is 66.6 cm³/mol. The van der Waals surface area contributed by atoms with Crippen LogP contribution in [0.4, 0.5) is 8.78 Å². The standard InChI is InChI=1S/C14H17F2NO2/c1-14(13(18)19)3-2-4-17(9-14)8-10-5-11(15)7-12(16)6-10/h5-7H,2-4,8-9H2,1H3,(H,18,19). The summed E-state index contributed by atoms with van der Waals surface area (Å²) in [5.41, 5.74) is -0.239. The van der Waals surface area contributed by atoms with Crippen LogP contribution in [0.15, 0.2) is 18.2 Å². The van der Waals surface area contributed by atoms with Gasteiger partial charge in [-0.2, -0.15) is 0 Å². The first kappa shape index (κ1) is 13.9. The molecule has 19 heavy (non-hydrogen) atoms. The summed E-state index contributed by atoms with van der Waals surface area (Å²) in [5.74, 6) is -2.02. The molecule has 5 heteroatoms. The highest BCUT2D eigenvalue weighted by Gasteiger charge is 2.37. The quantitative estimate of drug-likeness (QED) is 0.917. The van der Waals surface area contributed by atoms with Gasteiger partial charge in [0.15, 0.2) is 0 Å². The van der Waals surface area contributed by atoms with E-state index >= 15 is 0 Å². The minimum absolute atomic E-state index is 0.373. The normalized spacial score (nSPS) is 24.4. The molecule has 3 nitrogen and oxygen atoms in total. The monoisotopic (exact) mass is 269 g/mol. The number of likely N-dealkylation sites (tertiary alicyclic amines) is 1. The third-order valence-corrected chi connectivity index (χ3v) is 3.62. The van der Waals surface area contributed by atoms with Crippen molar-refractivity contribution in [2.45, 2.75) is 26.3 Å². The maximum absolute atomic E-state index is 13.1. The fourth-order valence-electron chi connectivity index (χ4n) is 2.61. The Bertz CT molecular complexity index is 472. The molecular weight excluding hydrogens is 252 g/mol. The summed E-state index contributed by atoms with van der Waals surface area (Å²) in [6.07, 6.45) is 1.41. The Kier molecular flexibility index (Phi) is 3.85. The number of aliphatic carboxylic acids is 1. The van der Waals surface area contributed by atoms with Crippen LogP contribution in [-0.2, 0) is 11.3 Å². The van der Waals surface area contributed by atoms with Crippen LogP contribution < -0.4 is 0 Å². The van der Waals surface area contributed by atoms with E-state index in [1.165, 1.54) is 12.1 Å². The number of halogens is 2. The molecule has 1 fully saturated rings. The van der Waals surface area contributed by atoms with Gasteiger partial charge in [-0.05, 0) is 44.0 Å². The van der Waals surface area contributed by atoms with Crippen molar-refractivity contribution in [1.29, 1.82) is 0 Å². The van der Waals surface area contributed by atoms with Gasteiger partial charge in [-0.15, -0.1) is 0 Å². The van der Waals surface area contributed by atoms with E-state index in [1.807, 2.05) is 4.90 Å². The molecule has 1 aromatic rings. The molecule has 2 rings (SSSR count). The number of carboxylic acids is 1. The zero-order valence-electron chi connectivity index (χ0n) is 10.8. The van der Waals surface area contributed by atoms with E-state index < -0.39 is 23.0 Å². The van der Waals surface area contributed by atoms with Gasteiger partial charge >= 0.3 is 5.97 Å². The van der Waals surface area contributed by atoms with Crippen molar-refractivity contribution < 1.29 is 18.7 Å². The van der Waals surface area contributed by atoms with Gasteiger partial charge in [-0.1, -0.05) is 0 Å². The number of carboxylic acid groups (broad SMARTS) is 1. The van der Waals surface area contributed by atoms with Crippen LogP contribution >= 0.6 is 0 Å². The molecule has 1 saturated heterocycles. The van der Waals surface area contributed by atoms with Gasteiger partial charge in [0, 0.05) is 19.2 Å². The highest BCUT2D eigenvalue weighted by atomic mass is 19.1. The molecule has 0 aliphatic carbocycles. The molecule has 0 saturated carbocycles. The van der Waals surface area contributed by atoms with Crippen LogP contribution in [0.3, 0.4) is 0 Å². The summed E-state index contributed by atoms with van der Waals surface area (Å²) >= 11 is 0. The lowest BCUT2D eigenvalue weighted by atomic mass is 9.82. The third kappa shape index (κ3) is 3.29. The lowest BCUT2D eigenvalue weighted by Gasteiger charge is -2.37. The summed E-state index contributed by atoms with van der Waals surface area (Å²) in [4.78, 5) is 13.2. The average Bonchev–Trinajstić information content (AvgIpc) is 2.27. The second kappa shape index (κ2) is 5.25. The second-order valence-electron chi connectivity index (χ2n) is 5.46. The first-order valence-electron chi connectivity index (χ1n) is 6.30. The minimum Gasteiger partial charge on any atom is -0.481 e. The van der Waals surface area contributed by atoms with Crippen molar-refractivity contribution in [2.24, 2.45) is 5.41 Å². The SMILES string of the molecule is CC1(C(=O)O)CCCN(Cc2cc(F)cc(F)c2)C1. The number of nitrogens with zero attached hydrogens (tertiary/aromatic N) is 1. The topological polar surface area (TPSA) is 40.5 Å². The third-order valence-electron chi connectivity index (χ3n) is 3.62. The molecule has 1 heterocycles. The molecule has 0 aromatic heterocycles. The van der Waals surface area contributed by atoms with Crippen LogP contribution in [0, 0.1) is 17.0 Å². The molecule has 0 amide bonds. The summed E-state index contributed by atoms with van der Waals surface area (Å²) in [7, 11) is 0. The smallest absolute Gasteiger partial charge is 0.310 e. The van der Waals surface area contributed by atoms with Crippen molar-refractivity contribution in [3.8, 4) is 0 Å². The Hall–Kier alpha value is -1.49. The minimum atomic E-state index is -0.817. The molecule has 1 aliphatic heterocycles. The largest absolute Gasteiger partial charge is 0.481 e. The van der Waals surface area contributed by atoms with E-state index in [0.29, 0.717) is 25.1 Å². The zero-order chi connectivity index (χ0) is 14.0. The molecule has 0 spiro atoms. The van der Waals surface area contributed by atoms with Crippen LogP contribution in [0.1, 0.15) is 25.3 Å². The lowest BCUT2D eigenvalue weighted by molar-refractivity contribution is -0.151. The van der Waals surface area contributed by atoms with E-state index in [0.717, 1.165) is 19.0 Å². The molecule has 1 N–H and O–H groups in total. The van der Waals surface area contributed by atoms with Gasteiger partial charge in [0.2, 0.25) is 0 Å². The fourth-order valence-corrected chi connectivity index (χ4v) is 2.61. The Morgan fingerprint density at radius 3 is 2.58 bits per heavy atom. The predicted octanol–water partition coefficient (Wildman–Crippen LogP) is 2.65. The van der Waals surface area contributed by atoms with Gasteiger partial charge in [-0.3, -0.25) is 9.69 Å². The summed E-state index contributed by atoms with van der Waals surface area (Å²) < 4.78 is 26.2. The van der Waals surface area contributed by atoms with Crippen molar-refractivity contribution in [2.75, 3.05) is 13.1 Å². The van der Waals surface area contributed by atoms with Gasteiger partial charge in [0.05, 0.1) is 5.41 Å². The summed E-state index contributed by atoms with van der Waals surface area (Å²) in [5, 5.41) is 9.22. The number of carbonyl (C=O) groups is 1. The fraction of sp³-hybridized carbons (Fsp3) is 0.500. The van der Waals surface area contributed by atoms with Gasteiger partial charge in [0.1, 0.15) is 11.6 Å². The van der Waals surface area contributed by atoms with Crippen molar-refractivity contribution in [3.05, 3.63) is 35.4 Å². The molecule has 1 unspecified atom stereocenters. The molecule has 1 atom stereocenters. The summed E-state index contributed by atoms with van der Waals surface area (Å²) in [6, 6.07) is 3.41. The maximum atomic E-state index is 13.1. The van der Waals surface area contributed by atoms with Crippen LogP contribution in [0.2, 0.25) is 0 Å². The number of benzene rings is 1. The number of piperidine rings is 1. The van der Waals surface area contributed by atoms with Crippen molar-refractivity contribution in [3.63, 3.8) is 0 Å². The lowest BCUT2D eigenvalue weighted by Crippen LogP contribution is -2.45. The number of hydrogen-bond donors (Lipinski definition) is 1. The van der Waals surface area contributed by atoms with Crippen molar-refractivity contribution >= 4 is 5.97 Å². The van der Waals surface area contributed by atoms with Gasteiger partial charge in [-0.25, -0.2) is 8.78 Å². The van der Waals surface area contributed by atoms with E-state index in [4.69, 9.17) is 0 Å². The average molecular weight is 269 g/mol. The first-order valence-corrected chi connectivity index (χ1v) is 6.30. The second-order valence-corrected chi connectivity index (χ2v) is 5.46. The van der Waals surface area contributed by atoms with Crippen LogP contribution in [0.5, 0.6) is 0 Å². The Labute approximate surface area is 110 Å². The van der Waals surface area contributed by atoms with E-state index in [9.17, 15) is 18.7 Å². The molecule has 104 valence electrons. The highest BCUT2D eigenvalue weighted by molar-refractivity contribution is 5.74. The van der Waals surface area contributed by atoms with E-state index in [2.05, 4.69) is 0 Å². The maximum Gasteiger partial charge on any atom is 0.310 e. The van der Waals surface area contributed by atoms with Crippen LogP contribution in [-0.4, -0.2) is 29.1 Å². The Balaban J connectivity index is 2.08. The van der Waals surface area contributed by atoms with Crippen molar-refractivity contribution in [1.82, 2.24) is 4.90 Å². The Morgan fingerprint density at radius 2 is 2.00 bits per heavy atom. The molecule has 0 radical (unpaired) electrons. The van der Waals surface area contributed by atoms with Gasteiger partial charge in [0.25, 0.3) is 0 Å². The molecule has 1 aromatic carbocycles. The highest BCUT2D eigenvalue weighted by Crippen LogP contribution is 2.30. The number of hydrogen-bond acceptors (Lipinski definition) is 2.